The van der Waals surface area contributed by atoms with Crippen LogP contribution in [0.1, 0.15) is 0 Å². The molecular weight excluding hydrogens is 329 g/mol. The Labute approximate surface area is 146 Å². The summed E-state index contributed by atoms with van der Waals surface area (Å²) in [5.74, 6) is -0.370. The number of carbonyl (C=O) groups excluding carboxylic acids is 1. The van der Waals surface area contributed by atoms with Crippen molar-refractivity contribution in [3.63, 3.8) is 0 Å². The average Bonchev–Trinajstić information content (AvgIpc) is 3.12. The molecule has 0 fully saturated rings. The number of carbonyl (C=O) groups is 1. The number of ether oxygens (including phenoxy) is 1. The first-order valence-corrected chi connectivity index (χ1v) is 9.79. The van der Waals surface area contributed by atoms with E-state index in [2.05, 4.69) is 41.4 Å². The molecule has 0 aliphatic carbocycles. The quantitative estimate of drug-likeness (QED) is 0.541. The highest BCUT2D eigenvalue weighted by Gasteiger charge is 2.35. The summed E-state index contributed by atoms with van der Waals surface area (Å²) in [6.45, 7) is -2.41. The topological polar surface area (TPSA) is 38.7 Å². The van der Waals surface area contributed by atoms with E-state index in [1.54, 1.807) is 0 Å². The molecule has 122 valence electrons. The highest BCUT2D eigenvalue weighted by atomic mass is 31.2. The van der Waals surface area contributed by atoms with Crippen LogP contribution in [0.5, 0.6) is 0 Å². The molecule has 0 saturated carbocycles. The molecule has 1 aliphatic rings. The van der Waals surface area contributed by atoms with Gasteiger partial charge in [-0.1, -0.05) is 91.0 Å². The lowest BCUT2D eigenvalue weighted by molar-refractivity contribution is -0.126. The Balaban J connectivity index is 2.22. The fourth-order valence-electron chi connectivity index (χ4n) is 3.22. The number of esters is 1. The van der Waals surface area contributed by atoms with Crippen molar-refractivity contribution in [2.45, 2.75) is 0 Å². The van der Waals surface area contributed by atoms with Gasteiger partial charge in [0.25, 0.3) is 0 Å². The van der Waals surface area contributed by atoms with Crippen molar-refractivity contribution in [3.05, 3.63) is 91.0 Å². The molecule has 0 amide bonds. The summed E-state index contributed by atoms with van der Waals surface area (Å²) in [5.41, 5.74) is 0.483. The molecule has 0 radical (unpaired) electrons. The number of hydrogen-bond acceptors (Lipinski definition) is 2. The Bertz CT molecular complexity index is 877. The van der Waals surface area contributed by atoms with Crippen LogP contribution in [0.4, 0.5) is 0 Å². The molecule has 0 unspecified atom stereocenters. The van der Waals surface area contributed by atoms with E-state index in [4.69, 9.17) is 4.74 Å². The van der Waals surface area contributed by atoms with Crippen molar-refractivity contribution >= 4 is 40.6 Å². The Morgan fingerprint density at radius 1 is 0.640 bits per heavy atom. The number of hydrogen-bond donors (Lipinski definition) is 0. The van der Waals surface area contributed by atoms with Gasteiger partial charge in [0, 0.05) is 6.89 Å². The molecular formula is C21H16NO2P. The van der Waals surface area contributed by atoms with E-state index in [0.717, 1.165) is 15.9 Å². The van der Waals surface area contributed by atoms with E-state index < -0.39 is 6.89 Å². The molecule has 4 heteroatoms. The van der Waals surface area contributed by atoms with Crippen molar-refractivity contribution in [3.8, 4) is 0 Å². The predicted molar refractivity (Wildman–Crippen MR) is 105 cm³/mol. The molecule has 1 aliphatic heterocycles. The van der Waals surface area contributed by atoms with Crippen molar-refractivity contribution in [1.82, 2.24) is 0 Å². The molecule has 3 nitrogen and oxygen atoms in total. The Hall–Kier alpha value is -2.90. The van der Waals surface area contributed by atoms with Gasteiger partial charge in [-0.2, -0.15) is 0 Å². The Morgan fingerprint density at radius 2 is 1.04 bits per heavy atom. The Morgan fingerprint density at radius 3 is 1.36 bits per heavy atom. The summed E-state index contributed by atoms with van der Waals surface area (Å²) >= 11 is 0. The summed E-state index contributed by atoms with van der Waals surface area (Å²) in [6, 6.07) is 30.4. The average molecular weight is 345 g/mol. The third-order valence-corrected chi connectivity index (χ3v) is 8.42. The smallest absolute Gasteiger partial charge is 0.364 e. The standard InChI is InChI=1S/C21H16NO2P/c23-21-20(22-16-24-21)25(17-10-4-1-5-11-17,18-12-6-2-7-13-18)19-14-8-3-9-15-19/h1-16H. The summed E-state index contributed by atoms with van der Waals surface area (Å²) in [5, 5.41) is 3.25. The van der Waals surface area contributed by atoms with Crippen LogP contribution < -0.4 is 15.9 Å². The van der Waals surface area contributed by atoms with Gasteiger partial charge in [-0.3, -0.25) is 0 Å². The van der Waals surface area contributed by atoms with E-state index in [-0.39, 0.29) is 5.97 Å². The van der Waals surface area contributed by atoms with Crippen LogP contribution in [0.15, 0.2) is 96.0 Å². The number of cyclic esters (lactones) is 1. The van der Waals surface area contributed by atoms with Crippen LogP contribution in [0.3, 0.4) is 0 Å². The van der Waals surface area contributed by atoms with Crippen molar-refractivity contribution in [1.29, 1.82) is 0 Å². The van der Waals surface area contributed by atoms with Gasteiger partial charge in [0.1, 0.15) is 0 Å². The monoisotopic (exact) mass is 345 g/mol. The first kappa shape index (κ1) is 15.6. The third-order valence-electron chi connectivity index (χ3n) is 4.27. The van der Waals surface area contributed by atoms with E-state index in [1.165, 1.54) is 6.40 Å². The lowest BCUT2D eigenvalue weighted by Crippen LogP contribution is -2.31. The summed E-state index contributed by atoms with van der Waals surface area (Å²) in [4.78, 5) is 17.0. The molecule has 0 N–H and O–H groups in total. The van der Waals surface area contributed by atoms with Gasteiger partial charge in [-0.15, -0.1) is 0 Å². The number of benzene rings is 3. The maximum absolute atomic E-state index is 12.6. The molecule has 3 aromatic rings. The highest BCUT2D eigenvalue weighted by Crippen LogP contribution is 2.47. The molecule has 0 spiro atoms. The van der Waals surface area contributed by atoms with Crippen LogP contribution in [0, 0.1) is 0 Å². The molecule has 0 bridgehead atoms. The summed E-state index contributed by atoms with van der Waals surface area (Å²) in [6.07, 6.45) is 1.25. The van der Waals surface area contributed by atoms with Gasteiger partial charge in [0.05, 0.1) is 0 Å². The SMILES string of the molecule is O=C1OC=NC1=P(c1ccccc1)(c1ccccc1)c1ccccc1. The zero-order chi connectivity index (χ0) is 17.1. The lowest BCUT2D eigenvalue weighted by Gasteiger charge is -2.28. The van der Waals surface area contributed by atoms with Crippen molar-refractivity contribution in [2.24, 2.45) is 4.99 Å². The zero-order valence-corrected chi connectivity index (χ0v) is 14.3. The maximum atomic E-state index is 12.6. The summed E-state index contributed by atoms with van der Waals surface area (Å²) in [7, 11) is 0. The van der Waals surface area contributed by atoms with E-state index in [1.807, 2.05) is 54.6 Å². The van der Waals surface area contributed by atoms with Crippen molar-refractivity contribution in [2.75, 3.05) is 0 Å². The predicted octanol–water partition coefficient (Wildman–Crippen LogP) is 2.70. The molecule has 0 atom stereocenters. The minimum absolute atomic E-state index is 0.370. The van der Waals surface area contributed by atoms with Gasteiger partial charge in [-0.25, -0.2) is 9.79 Å². The van der Waals surface area contributed by atoms with Crippen molar-refractivity contribution < 1.29 is 9.53 Å². The second-order valence-corrected chi connectivity index (χ2v) is 8.96. The second kappa shape index (κ2) is 6.54. The fraction of sp³-hybridized carbons (Fsp3) is 0. The van der Waals surface area contributed by atoms with Gasteiger partial charge >= 0.3 is 5.97 Å². The first-order chi connectivity index (χ1) is 12.3. The van der Waals surface area contributed by atoms with E-state index in [0.29, 0.717) is 5.42 Å². The fourth-order valence-corrected chi connectivity index (χ4v) is 7.26. The van der Waals surface area contributed by atoms with Crippen LogP contribution in [0.25, 0.3) is 0 Å². The minimum Gasteiger partial charge on any atom is -0.410 e. The summed E-state index contributed by atoms with van der Waals surface area (Å²) < 4.78 is 5.10. The molecule has 4 rings (SSSR count). The first-order valence-electron chi connectivity index (χ1n) is 8.00. The number of rotatable bonds is 3. The lowest BCUT2D eigenvalue weighted by atomic mass is 10.4. The molecule has 0 aromatic heterocycles. The van der Waals surface area contributed by atoms with Crippen LogP contribution in [-0.2, 0) is 9.53 Å². The van der Waals surface area contributed by atoms with Gasteiger partial charge in [0.2, 0.25) is 0 Å². The van der Waals surface area contributed by atoms with Crippen LogP contribution in [-0.4, -0.2) is 17.8 Å². The molecule has 0 saturated heterocycles. The van der Waals surface area contributed by atoms with Crippen LogP contribution >= 0.6 is 6.89 Å². The Kier molecular flexibility index (Phi) is 4.09. The minimum atomic E-state index is -2.41. The van der Waals surface area contributed by atoms with E-state index >= 15 is 0 Å². The van der Waals surface area contributed by atoms with E-state index in [9.17, 15) is 4.79 Å². The van der Waals surface area contributed by atoms with Gasteiger partial charge in [-0.05, 0) is 15.9 Å². The van der Waals surface area contributed by atoms with Gasteiger partial charge in [0.15, 0.2) is 11.8 Å². The van der Waals surface area contributed by atoms with Crippen LogP contribution in [0.2, 0.25) is 0 Å². The second-order valence-electron chi connectivity index (χ2n) is 5.64. The largest absolute Gasteiger partial charge is 0.410 e. The molecule has 3 aromatic carbocycles. The maximum Gasteiger partial charge on any atom is 0.364 e. The molecule has 25 heavy (non-hydrogen) atoms. The zero-order valence-electron chi connectivity index (χ0n) is 13.4. The number of aliphatic imine (C=N–C) groups is 1. The normalized spacial score (nSPS) is 13.8. The third kappa shape index (κ3) is 2.54. The van der Waals surface area contributed by atoms with Gasteiger partial charge < -0.3 is 4.74 Å². The number of nitrogens with zero attached hydrogens (tertiary/aromatic N) is 1. The molecule has 1 heterocycles. The highest BCUT2D eigenvalue weighted by molar-refractivity contribution is 7.96.